The summed E-state index contributed by atoms with van der Waals surface area (Å²) in [6.45, 7) is 6.26. The third kappa shape index (κ3) is 38.4. The van der Waals surface area contributed by atoms with E-state index >= 15 is 0 Å². The van der Waals surface area contributed by atoms with E-state index in [2.05, 4.69) is 67.8 Å². The molecular weight excluding hydrogens is 550 g/mol. The van der Waals surface area contributed by atoms with Crippen LogP contribution in [-0.2, 0) is 9.59 Å². The van der Waals surface area contributed by atoms with E-state index in [0.29, 0.717) is 24.4 Å². The summed E-state index contributed by atoms with van der Waals surface area (Å²) in [4.78, 5) is 24.3. The number of rotatable bonds is 36. The Morgan fingerprint density at radius 1 is 0.378 bits per heavy atom. The molecule has 0 saturated heterocycles. The lowest BCUT2D eigenvalue weighted by molar-refractivity contribution is -0.120. The summed E-state index contributed by atoms with van der Waals surface area (Å²) < 4.78 is 0. The Labute approximate surface area is 281 Å². The molecule has 0 bridgehead atoms. The van der Waals surface area contributed by atoms with E-state index in [0.717, 1.165) is 64.5 Å². The van der Waals surface area contributed by atoms with E-state index in [9.17, 15) is 9.59 Å². The number of carbonyl (C=O) groups is 2. The zero-order valence-electron chi connectivity index (χ0n) is 30.1. The number of ketones is 2. The van der Waals surface area contributed by atoms with Crippen LogP contribution in [0.3, 0.4) is 0 Å². The second-order valence-corrected chi connectivity index (χ2v) is 13.0. The lowest BCUT2D eigenvalue weighted by Crippen LogP contribution is -2.18. The van der Waals surface area contributed by atoms with Gasteiger partial charge >= 0.3 is 0 Å². The van der Waals surface area contributed by atoms with Gasteiger partial charge in [-0.3, -0.25) is 9.59 Å². The summed E-state index contributed by atoms with van der Waals surface area (Å²) in [6.07, 6.45) is 50.0. The summed E-state index contributed by atoms with van der Waals surface area (Å²) in [5.41, 5.74) is 0. The van der Waals surface area contributed by atoms with Crippen molar-refractivity contribution < 1.29 is 9.59 Å². The van der Waals surface area contributed by atoms with E-state index in [4.69, 9.17) is 0 Å². The largest absolute Gasteiger partial charge is 0.317 e. The average molecular weight is 626 g/mol. The van der Waals surface area contributed by atoms with Crippen molar-refractivity contribution in [2.45, 2.75) is 194 Å². The Balaban J connectivity index is 3.36. The molecule has 0 amide bonds. The normalized spacial score (nSPS) is 12.1. The quantitative estimate of drug-likeness (QED) is 0.0556. The average Bonchev–Trinajstić information content (AvgIpc) is 3.04. The maximum absolute atomic E-state index is 12.1. The molecular formula is C42H75NO2. The van der Waals surface area contributed by atoms with Crippen LogP contribution < -0.4 is 5.32 Å². The van der Waals surface area contributed by atoms with Crippen LogP contribution in [0.5, 0.6) is 0 Å². The van der Waals surface area contributed by atoms with E-state index in [1.165, 1.54) is 116 Å². The third-order valence-electron chi connectivity index (χ3n) is 8.43. The zero-order chi connectivity index (χ0) is 32.7. The van der Waals surface area contributed by atoms with Crippen molar-refractivity contribution in [2.75, 3.05) is 13.1 Å². The number of Topliss-reactive ketones (excluding diaryl/α,β-unsaturated/α-hetero) is 2. The van der Waals surface area contributed by atoms with Crippen LogP contribution in [0, 0.1) is 0 Å². The zero-order valence-corrected chi connectivity index (χ0v) is 30.1. The molecule has 260 valence electrons. The maximum Gasteiger partial charge on any atom is 0.132 e. The number of nitrogens with one attached hydrogen (secondary N) is 1. The van der Waals surface area contributed by atoms with Gasteiger partial charge in [-0.25, -0.2) is 0 Å². The molecule has 0 aliphatic rings. The first kappa shape index (κ1) is 43.3. The predicted octanol–water partition coefficient (Wildman–Crippen LogP) is 12.9. The lowest BCUT2D eigenvalue weighted by atomic mass is 10.0. The smallest absolute Gasteiger partial charge is 0.132 e. The van der Waals surface area contributed by atoms with Crippen molar-refractivity contribution in [2.24, 2.45) is 0 Å². The van der Waals surface area contributed by atoms with Crippen molar-refractivity contribution >= 4 is 11.6 Å². The Bertz CT molecular complexity index is 686. The molecule has 45 heavy (non-hydrogen) atoms. The predicted molar refractivity (Wildman–Crippen MR) is 200 cm³/mol. The molecule has 0 aromatic rings. The van der Waals surface area contributed by atoms with Gasteiger partial charge in [-0.15, -0.1) is 0 Å². The Kier molecular flexibility index (Phi) is 37.0. The molecule has 0 radical (unpaired) electrons. The fourth-order valence-corrected chi connectivity index (χ4v) is 5.46. The Morgan fingerprint density at radius 3 is 1.07 bits per heavy atom. The number of hydrogen-bond donors (Lipinski definition) is 1. The highest BCUT2D eigenvalue weighted by Crippen LogP contribution is 2.11. The molecule has 0 fully saturated rings. The molecule has 0 spiro atoms. The second kappa shape index (κ2) is 38.4. The van der Waals surface area contributed by atoms with Crippen LogP contribution in [0.15, 0.2) is 48.6 Å². The van der Waals surface area contributed by atoms with Gasteiger partial charge in [0, 0.05) is 25.7 Å². The molecule has 0 aromatic heterocycles. The SMILES string of the molecule is CCCCC/C=C\C/C=C\CCCCCCCC(=O)CCCNCCCC(=O)CCCCCCC/C=C\C/C=C\CCCCC. The van der Waals surface area contributed by atoms with Crippen LogP contribution in [0.25, 0.3) is 0 Å². The number of hydrogen-bond acceptors (Lipinski definition) is 3. The van der Waals surface area contributed by atoms with Gasteiger partial charge in [-0.1, -0.05) is 127 Å². The molecule has 0 aromatic carbocycles. The maximum atomic E-state index is 12.1. The van der Waals surface area contributed by atoms with E-state index < -0.39 is 0 Å². The minimum atomic E-state index is 0.412. The van der Waals surface area contributed by atoms with Crippen LogP contribution in [0.2, 0.25) is 0 Å². The molecule has 0 unspecified atom stereocenters. The fourth-order valence-electron chi connectivity index (χ4n) is 5.46. The van der Waals surface area contributed by atoms with Crippen molar-refractivity contribution in [3.8, 4) is 0 Å². The standard InChI is InChI=1S/C42H75NO2/c1-3-5-7-9-11-13-15-17-19-21-23-25-27-29-31-35-41(44)37-33-39-43-40-34-38-42(45)36-32-30-28-26-24-22-20-18-16-14-12-10-8-6-4-2/h11-14,17-20,43H,3-10,15-16,21-40H2,1-2H3/b13-11-,14-12-,19-17-,20-18-. The van der Waals surface area contributed by atoms with Gasteiger partial charge in [-0.05, 0) is 103 Å². The highest BCUT2D eigenvalue weighted by Gasteiger charge is 2.03. The third-order valence-corrected chi connectivity index (χ3v) is 8.43. The summed E-state index contributed by atoms with van der Waals surface area (Å²) in [5.74, 6) is 0.824. The molecule has 0 heterocycles. The molecule has 0 rings (SSSR count). The van der Waals surface area contributed by atoms with E-state index in [1.54, 1.807) is 0 Å². The van der Waals surface area contributed by atoms with Gasteiger partial charge in [0.1, 0.15) is 11.6 Å². The first-order valence-corrected chi connectivity index (χ1v) is 19.5. The van der Waals surface area contributed by atoms with Crippen molar-refractivity contribution in [1.82, 2.24) is 5.32 Å². The number of carbonyl (C=O) groups excluding carboxylic acids is 2. The van der Waals surface area contributed by atoms with Gasteiger partial charge < -0.3 is 5.32 Å². The minimum Gasteiger partial charge on any atom is -0.317 e. The summed E-state index contributed by atoms with van der Waals surface area (Å²) in [5, 5.41) is 3.42. The van der Waals surface area contributed by atoms with Crippen LogP contribution in [0.1, 0.15) is 194 Å². The first-order valence-electron chi connectivity index (χ1n) is 19.5. The monoisotopic (exact) mass is 626 g/mol. The van der Waals surface area contributed by atoms with Crippen LogP contribution >= 0.6 is 0 Å². The Hall–Kier alpha value is -1.74. The molecule has 3 nitrogen and oxygen atoms in total. The van der Waals surface area contributed by atoms with Gasteiger partial charge in [-0.2, -0.15) is 0 Å². The van der Waals surface area contributed by atoms with Gasteiger partial charge in [0.2, 0.25) is 0 Å². The second-order valence-electron chi connectivity index (χ2n) is 13.0. The highest BCUT2D eigenvalue weighted by molar-refractivity contribution is 5.78. The topological polar surface area (TPSA) is 46.2 Å². The van der Waals surface area contributed by atoms with Crippen molar-refractivity contribution in [3.05, 3.63) is 48.6 Å². The minimum absolute atomic E-state index is 0.412. The van der Waals surface area contributed by atoms with Crippen molar-refractivity contribution in [3.63, 3.8) is 0 Å². The highest BCUT2D eigenvalue weighted by atomic mass is 16.1. The summed E-state index contributed by atoms with van der Waals surface area (Å²) in [7, 11) is 0. The van der Waals surface area contributed by atoms with Crippen molar-refractivity contribution in [1.29, 1.82) is 0 Å². The molecule has 3 heteroatoms. The Morgan fingerprint density at radius 2 is 0.689 bits per heavy atom. The van der Waals surface area contributed by atoms with Gasteiger partial charge in [0.15, 0.2) is 0 Å². The number of allylic oxidation sites excluding steroid dienone is 8. The molecule has 1 N–H and O–H groups in total. The summed E-state index contributed by atoms with van der Waals surface area (Å²) in [6, 6.07) is 0. The van der Waals surface area contributed by atoms with Gasteiger partial charge in [0.25, 0.3) is 0 Å². The van der Waals surface area contributed by atoms with E-state index in [1.807, 2.05) is 0 Å². The first-order chi connectivity index (χ1) is 22.2. The molecule has 0 aliphatic heterocycles. The lowest BCUT2D eigenvalue weighted by Gasteiger charge is -2.05. The van der Waals surface area contributed by atoms with E-state index in [-0.39, 0.29) is 0 Å². The molecule has 0 saturated carbocycles. The van der Waals surface area contributed by atoms with Crippen LogP contribution in [0.4, 0.5) is 0 Å². The van der Waals surface area contributed by atoms with Gasteiger partial charge in [0.05, 0.1) is 0 Å². The molecule has 0 aliphatic carbocycles. The fraction of sp³-hybridized carbons (Fsp3) is 0.762. The number of unbranched alkanes of at least 4 members (excludes halogenated alkanes) is 16. The summed E-state index contributed by atoms with van der Waals surface area (Å²) >= 11 is 0. The molecule has 0 atom stereocenters. The van der Waals surface area contributed by atoms with Crippen LogP contribution in [-0.4, -0.2) is 24.7 Å².